The highest BCUT2D eigenvalue weighted by molar-refractivity contribution is 7.91. The van der Waals surface area contributed by atoms with E-state index in [2.05, 4.69) is 0 Å². The number of primary amides is 1. The Hall–Kier alpha value is -3.06. The molecule has 4 rings (SSSR count). The van der Waals surface area contributed by atoms with E-state index < -0.39 is 15.7 Å². The minimum Gasteiger partial charge on any atom is -0.494 e. The Morgan fingerprint density at radius 3 is 2.76 bits per heavy atom. The molecule has 7 heteroatoms. The average molecular weight is 411 g/mol. The zero-order chi connectivity index (χ0) is 20.6. The van der Waals surface area contributed by atoms with Crippen molar-refractivity contribution in [3.8, 4) is 17.1 Å². The number of carbonyl (C=O) groups is 1. The van der Waals surface area contributed by atoms with E-state index in [0.717, 1.165) is 17.6 Å². The Bertz CT molecular complexity index is 1240. The number of carbonyl (C=O) groups excluding carboxylic acids is 1. The van der Waals surface area contributed by atoms with E-state index in [0.29, 0.717) is 34.7 Å². The van der Waals surface area contributed by atoms with Crippen molar-refractivity contribution in [3.05, 3.63) is 53.6 Å². The first-order valence-electron chi connectivity index (χ1n) is 9.41. The Balaban J connectivity index is 1.78. The van der Waals surface area contributed by atoms with E-state index in [1.54, 1.807) is 24.3 Å². The van der Waals surface area contributed by atoms with Crippen LogP contribution < -0.4 is 10.5 Å². The van der Waals surface area contributed by atoms with Crippen molar-refractivity contribution >= 4 is 32.8 Å². The maximum Gasteiger partial charge on any atom is 0.244 e. The summed E-state index contributed by atoms with van der Waals surface area (Å²) in [5.41, 5.74) is 7.57. The Morgan fingerprint density at radius 1 is 1.17 bits per heavy atom. The minimum absolute atomic E-state index is 0.104. The number of hydrogen-bond donors (Lipinski definition) is 1. The van der Waals surface area contributed by atoms with E-state index in [1.807, 2.05) is 31.2 Å². The van der Waals surface area contributed by atoms with Crippen LogP contribution in [0.1, 0.15) is 25.3 Å². The summed E-state index contributed by atoms with van der Waals surface area (Å²) in [6.45, 7) is 2.69. The molecule has 2 heterocycles. The number of sulfone groups is 1. The minimum atomic E-state index is -3.49. The zero-order valence-corrected chi connectivity index (χ0v) is 16.8. The Labute approximate surface area is 168 Å². The highest BCUT2D eigenvalue weighted by Gasteiger charge is 2.24. The van der Waals surface area contributed by atoms with Crippen molar-refractivity contribution < 1.29 is 22.4 Å². The highest BCUT2D eigenvalue weighted by Crippen LogP contribution is 2.34. The molecule has 1 aliphatic rings. The second-order valence-corrected chi connectivity index (χ2v) is 9.09. The van der Waals surface area contributed by atoms with Crippen LogP contribution in [0.25, 0.3) is 28.4 Å². The summed E-state index contributed by atoms with van der Waals surface area (Å²) in [5, 5.41) is 0.893. The number of ether oxygens (including phenoxy) is 1. The van der Waals surface area contributed by atoms with Gasteiger partial charge >= 0.3 is 0 Å². The van der Waals surface area contributed by atoms with Gasteiger partial charge in [-0.05, 0) is 66.9 Å². The molecule has 3 aromatic rings. The lowest BCUT2D eigenvalue weighted by Gasteiger charge is -2.06. The molecule has 0 aliphatic carbocycles. The molecule has 150 valence electrons. The monoisotopic (exact) mass is 411 g/mol. The molecule has 0 radical (unpaired) electrons. The first-order valence-corrected chi connectivity index (χ1v) is 11.1. The molecule has 0 bridgehead atoms. The molecule has 6 nitrogen and oxygen atoms in total. The highest BCUT2D eigenvalue weighted by atomic mass is 32.2. The second-order valence-electron chi connectivity index (χ2n) is 7.01. The van der Waals surface area contributed by atoms with Crippen LogP contribution in [0.5, 0.6) is 5.75 Å². The van der Waals surface area contributed by atoms with Gasteiger partial charge in [0.05, 0.1) is 17.3 Å². The van der Waals surface area contributed by atoms with Gasteiger partial charge in [0.1, 0.15) is 17.1 Å². The van der Waals surface area contributed by atoms with Gasteiger partial charge in [-0.2, -0.15) is 0 Å². The van der Waals surface area contributed by atoms with Gasteiger partial charge in [0.25, 0.3) is 0 Å². The predicted molar refractivity (Wildman–Crippen MR) is 111 cm³/mol. The van der Waals surface area contributed by atoms with Crippen molar-refractivity contribution in [1.82, 2.24) is 0 Å². The number of benzene rings is 2. The zero-order valence-electron chi connectivity index (χ0n) is 16.0. The van der Waals surface area contributed by atoms with Gasteiger partial charge in [-0.25, -0.2) is 8.42 Å². The Kier molecular flexibility index (Phi) is 4.92. The molecule has 0 atom stereocenters. The van der Waals surface area contributed by atoms with Gasteiger partial charge in [0.2, 0.25) is 5.91 Å². The molecule has 0 fully saturated rings. The van der Waals surface area contributed by atoms with Crippen LogP contribution in [-0.4, -0.2) is 26.7 Å². The standard InChI is InChI=1S/C22H21NO5S/c1-2-8-27-18-4-5-19-16(12-18)13-20(28-19)14-3-6-21-17(10-14)11-15(22(23)24)7-9-29(21,25)26/h3-6,10-13H,2,7-9H2,1H3,(H2,23,24). The summed E-state index contributed by atoms with van der Waals surface area (Å²) in [6, 6.07) is 12.5. The second kappa shape index (κ2) is 7.40. The number of amides is 1. The molecule has 29 heavy (non-hydrogen) atoms. The number of furan rings is 1. The van der Waals surface area contributed by atoms with E-state index in [9.17, 15) is 13.2 Å². The summed E-state index contributed by atoms with van der Waals surface area (Å²) < 4.78 is 36.7. The summed E-state index contributed by atoms with van der Waals surface area (Å²) in [7, 11) is -3.49. The molecular weight excluding hydrogens is 390 g/mol. The van der Waals surface area contributed by atoms with E-state index >= 15 is 0 Å². The van der Waals surface area contributed by atoms with Crippen molar-refractivity contribution in [2.45, 2.75) is 24.7 Å². The van der Waals surface area contributed by atoms with Gasteiger partial charge in [-0.15, -0.1) is 0 Å². The van der Waals surface area contributed by atoms with Crippen molar-refractivity contribution in [3.63, 3.8) is 0 Å². The van der Waals surface area contributed by atoms with Crippen molar-refractivity contribution in [2.75, 3.05) is 12.4 Å². The number of nitrogens with two attached hydrogens (primary N) is 1. The van der Waals surface area contributed by atoms with Gasteiger partial charge < -0.3 is 14.9 Å². The summed E-state index contributed by atoms with van der Waals surface area (Å²) in [5.74, 6) is 0.626. The van der Waals surface area contributed by atoms with Crippen LogP contribution in [-0.2, 0) is 14.6 Å². The molecule has 0 saturated carbocycles. The Morgan fingerprint density at radius 2 is 2.00 bits per heavy atom. The van der Waals surface area contributed by atoms with Crippen LogP contribution in [0.2, 0.25) is 0 Å². The first-order chi connectivity index (χ1) is 13.9. The maximum absolute atomic E-state index is 12.6. The van der Waals surface area contributed by atoms with Gasteiger partial charge in [-0.1, -0.05) is 6.92 Å². The SMILES string of the molecule is CCCOc1ccc2oc(-c3ccc4c(c3)C=C(C(N)=O)CCS4(=O)=O)cc2c1. The van der Waals surface area contributed by atoms with Crippen LogP contribution in [0, 0.1) is 0 Å². The number of fused-ring (bicyclic) bond motifs is 2. The lowest BCUT2D eigenvalue weighted by Crippen LogP contribution is -2.15. The van der Waals surface area contributed by atoms with Gasteiger partial charge in [0.15, 0.2) is 9.84 Å². The third-order valence-electron chi connectivity index (χ3n) is 4.88. The normalized spacial score (nSPS) is 15.4. The molecule has 0 unspecified atom stereocenters. The molecule has 1 aliphatic heterocycles. The third-order valence-corrected chi connectivity index (χ3v) is 6.66. The van der Waals surface area contributed by atoms with Crippen LogP contribution >= 0.6 is 0 Å². The maximum atomic E-state index is 12.6. The van der Waals surface area contributed by atoms with Crippen LogP contribution in [0.4, 0.5) is 0 Å². The van der Waals surface area contributed by atoms with Gasteiger partial charge in [0, 0.05) is 16.5 Å². The smallest absolute Gasteiger partial charge is 0.244 e. The van der Waals surface area contributed by atoms with Crippen molar-refractivity contribution in [1.29, 1.82) is 0 Å². The summed E-state index contributed by atoms with van der Waals surface area (Å²) in [6.07, 6.45) is 2.59. The topological polar surface area (TPSA) is 99.6 Å². The van der Waals surface area contributed by atoms with E-state index in [4.69, 9.17) is 14.9 Å². The van der Waals surface area contributed by atoms with Crippen LogP contribution in [0.15, 0.2) is 57.4 Å². The lowest BCUT2D eigenvalue weighted by molar-refractivity contribution is -0.114. The fraction of sp³-hybridized carbons (Fsp3) is 0.227. The fourth-order valence-electron chi connectivity index (χ4n) is 3.38. The van der Waals surface area contributed by atoms with E-state index in [1.165, 1.54) is 0 Å². The first kappa shape index (κ1) is 19.3. The van der Waals surface area contributed by atoms with Crippen LogP contribution in [0.3, 0.4) is 0 Å². The molecule has 1 aromatic heterocycles. The lowest BCUT2D eigenvalue weighted by atomic mass is 10.0. The van der Waals surface area contributed by atoms with Crippen molar-refractivity contribution in [2.24, 2.45) is 5.73 Å². The summed E-state index contributed by atoms with van der Waals surface area (Å²) >= 11 is 0. The molecule has 2 aromatic carbocycles. The number of rotatable bonds is 5. The van der Waals surface area contributed by atoms with Gasteiger partial charge in [-0.3, -0.25) is 4.79 Å². The van der Waals surface area contributed by atoms with E-state index in [-0.39, 0.29) is 17.1 Å². The number of hydrogen-bond acceptors (Lipinski definition) is 5. The quantitative estimate of drug-likeness (QED) is 0.686. The fourth-order valence-corrected chi connectivity index (χ4v) is 4.84. The average Bonchev–Trinajstić information content (AvgIpc) is 3.06. The summed E-state index contributed by atoms with van der Waals surface area (Å²) in [4.78, 5) is 11.8. The molecule has 1 amide bonds. The largest absolute Gasteiger partial charge is 0.494 e. The molecular formula is C22H21NO5S. The molecule has 0 spiro atoms. The third kappa shape index (κ3) is 3.78. The molecule has 2 N–H and O–H groups in total. The predicted octanol–water partition coefficient (Wildman–Crippen LogP) is 3.93. The molecule has 0 saturated heterocycles.